The van der Waals surface area contributed by atoms with Crippen LogP contribution in [0, 0.1) is 0 Å². The third kappa shape index (κ3) is 3.17. The molecule has 110 valence electrons. The largest absolute Gasteiger partial charge is 0.489 e. The quantitative estimate of drug-likeness (QED) is 0.866. The van der Waals surface area contributed by atoms with Crippen LogP contribution in [0.15, 0.2) is 29.3 Å². The van der Waals surface area contributed by atoms with Gasteiger partial charge in [0, 0.05) is 10.6 Å². The zero-order valence-corrected chi connectivity index (χ0v) is 12.5. The van der Waals surface area contributed by atoms with Gasteiger partial charge >= 0.3 is 0 Å². The van der Waals surface area contributed by atoms with Crippen molar-refractivity contribution in [3.63, 3.8) is 0 Å². The van der Waals surface area contributed by atoms with Crippen LogP contribution < -0.4 is 16.0 Å². The van der Waals surface area contributed by atoms with Gasteiger partial charge in [-0.1, -0.05) is 29.3 Å². The first-order chi connectivity index (χ1) is 9.93. The number of benzene rings is 1. The van der Waals surface area contributed by atoms with Gasteiger partial charge in [-0.05, 0) is 17.7 Å². The summed E-state index contributed by atoms with van der Waals surface area (Å²) < 4.78 is 6.21. The van der Waals surface area contributed by atoms with Crippen molar-refractivity contribution in [1.82, 2.24) is 9.55 Å². The lowest BCUT2D eigenvalue weighted by Gasteiger charge is -2.10. The molecule has 0 unspecified atom stereocenters. The van der Waals surface area contributed by atoms with Gasteiger partial charge in [0.15, 0.2) is 5.15 Å². The average Bonchev–Trinajstić information content (AvgIpc) is 2.44. The van der Waals surface area contributed by atoms with Crippen LogP contribution in [-0.2, 0) is 6.54 Å². The molecule has 0 spiro atoms. The molecule has 6 nitrogen and oxygen atoms in total. The number of primary amides is 1. The van der Waals surface area contributed by atoms with Crippen LogP contribution in [0.25, 0.3) is 0 Å². The predicted molar refractivity (Wildman–Crippen MR) is 79.1 cm³/mol. The molecule has 0 aliphatic heterocycles. The number of nitrogens with two attached hydrogens (primary N) is 1. The molecule has 1 amide bonds. The molecule has 1 aromatic carbocycles. The molecule has 2 N–H and O–H groups in total. The molecule has 21 heavy (non-hydrogen) atoms. The molecule has 0 aliphatic rings. The maximum absolute atomic E-state index is 12.1. The van der Waals surface area contributed by atoms with Gasteiger partial charge in [-0.25, -0.2) is 4.98 Å². The number of amides is 1. The van der Waals surface area contributed by atoms with Crippen molar-refractivity contribution in [2.24, 2.45) is 5.73 Å². The smallest absolute Gasteiger partial charge is 0.297 e. The number of hydrogen-bond donors (Lipinski definition) is 1. The lowest BCUT2D eigenvalue weighted by atomic mass is 10.1. The monoisotopic (exact) mass is 327 g/mol. The summed E-state index contributed by atoms with van der Waals surface area (Å²) in [6.07, 6.45) is 1.30. The van der Waals surface area contributed by atoms with E-state index in [2.05, 4.69) is 4.98 Å². The van der Waals surface area contributed by atoms with Gasteiger partial charge < -0.3 is 10.5 Å². The Kier molecular flexibility index (Phi) is 4.50. The number of methoxy groups -OCH3 is 1. The fourth-order valence-electron chi connectivity index (χ4n) is 1.75. The summed E-state index contributed by atoms with van der Waals surface area (Å²) in [4.78, 5) is 27.0. The maximum Gasteiger partial charge on any atom is 0.297 e. The second-order valence-corrected chi connectivity index (χ2v) is 4.94. The molecule has 0 saturated carbocycles. The van der Waals surface area contributed by atoms with E-state index in [9.17, 15) is 9.59 Å². The Morgan fingerprint density at radius 2 is 2.14 bits per heavy atom. The summed E-state index contributed by atoms with van der Waals surface area (Å²) in [6, 6.07) is 4.61. The molecule has 0 aliphatic carbocycles. The van der Waals surface area contributed by atoms with Crippen molar-refractivity contribution in [2.45, 2.75) is 6.54 Å². The topological polar surface area (TPSA) is 87.2 Å². The Labute approximate surface area is 130 Å². The van der Waals surface area contributed by atoms with Crippen molar-refractivity contribution in [2.75, 3.05) is 7.11 Å². The van der Waals surface area contributed by atoms with Crippen LogP contribution in [0.4, 0.5) is 0 Å². The van der Waals surface area contributed by atoms with Gasteiger partial charge in [-0.3, -0.25) is 14.2 Å². The van der Waals surface area contributed by atoms with Crippen LogP contribution in [0.5, 0.6) is 5.75 Å². The predicted octanol–water partition coefficient (Wildman–Crippen LogP) is 1.71. The molecule has 0 radical (unpaired) electrons. The first kappa shape index (κ1) is 15.3. The molecule has 0 saturated heterocycles. The van der Waals surface area contributed by atoms with Gasteiger partial charge in [0.2, 0.25) is 11.7 Å². The summed E-state index contributed by atoms with van der Waals surface area (Å²) in [5.41, 5.74) is 5.67. The summed E-state index contributed by atoms with van der Waals surface area (Å²) in [5.74, 6) is -0.612. The van der Waals surface area contributed by atoms with Gasteiger partial charge in [-0.15, -0.1) is 0 Å². The molecule has 0 bridgehead atoms. The minimum atomic E-state index is -0.574. The van der Waals surface area contributed by atoms with Gasteiger partial charge in [0.05, 0.1) is 20.0 Å². The number of hydrogen-bond acceptors (Lipinski definition) is 4. The van der Waals surface area contributed by atoms with Gasteiger partial charge in [0.1, 0.15) is 0 Å². The molecule has 1 aromatic heterocycles. The van der Waals surface area contributed by atoms with E-state index in [1.807, 2.05) is 0 Å². The molecule has 0 fully saturated rings. The van der Waals surface area contributed by atoms with E-state index in [4.69, 9.17) is 33.7 Å². The Morgan fingerprint density at radius 1 is 1.43 bits per heavy atom. The van der Waals surface area contributed by atoms with E-state index in [1.54, 1.807) is 6.07 Å². The number of carbonyl (C=O) groups is 1. The van der Waals surface area contributed by atoms with Crippen LogP contribution in [-0.4, -0.2) is 22.6 Å². The summed E-state index contributed by atoms with van der Waals surface area (Å²) in [7, 11) is 1.34. The third-order valence-corrected chi connectivity index (χ3v) is 3.46. The number of carbonyl (C=O) groups excluding carboxylic acids is 1. The van der Waals surface area contributed by atoms with E-state index >= 15 is 0 Å². The Balaban J connectivity index is 2.39. The van der Waals surface area contributed by atoms with Crippen LogP contribution >= 0.6 is 23.2 Å². The molecule has 2 aromatic rings. The van der Waals surface area contributed by atoms with E-state index in [-0.39, 0.29) is 17.4 Å². The molecular weight excluding hydrogens is 317 g/mol. The van der Waals surface area contributed by atoms with E-state index in [1.165, 1.54) is 30.1 Å². The zero-order valence-electron chi connectivity index (χ0n) is 11.0. The normalized spacial score (nSPS) is 10.4. The standard InChI is InChI=1S/C13H11Cl2N3O3/c1-21-10-11(15)17-6-18(13(10)20)5-8-3-2-7(12(16)19)4-9(8)14/h2-4,6H,5H2,1H3,(H2,16,19). The van der Waals surface area contributed by atoms with Crippen molar-refractivity contribution >= 4 is 29.1 Å². The molecule has 2 rings (SSSR count). The lowest BCUT2D eigenvalue weighted by molar-refractivity contribution is 0.100. The highest BCUT2D eigenvalue weighted by Gasteiger charge is 2.12. The highest BCUT2D eigenvalue weighted by Crippen LogP contribution is 2.20. The van der Waals surface area contributed by atoms with E-state index < -0.39 is 11.5 Å². The van der Waals surface area contributed by atoms with Crippen molar-refractivity contribution in [1.29, 1.82) is 0 Å². The lowest BCUT2D eigenvalue weighted by Crippen LogP contribution is -2.23. The Bertz CT molecular complexity index is 759. The second-order valence-electron chi connectivity index (χ2n) is 4.17. The first-order valence-electron chi connectivity index (χ1n) is 5.81. The number of halogens is 2. The number of ether oxygens (including phenoxy) is 1. The summed E-state index contributed by atoms with van der Waals surface area (Å²) in [6.45, 7) is 0.164. The molecule has 8 heteroatoms. The fraction of sp³-hybridized carbons (Fsp3) is 0.154. The van der Waals surface area contributed by atoms with Crippen LogP contribution in [0.2, 0.25) is 10.2 Å². The molecule has 0 atom stereocenters. The van der Waals surface area contributed by atoms with Crippen LogP contribution in [0.3, 0.4) is 0 Å². The Morgan fingerprint density at radius 3 is 2.71 bits per heavy atom. The van der Waals surface area contributed by atoms with Crippen molar-refractivity contribution in [3.05, 3.63) is 56.2 Å². The minimum absolute atomic E-state index is 0.00563. The van der Waals surface area contributed by atoms with E-state index in [0.29, 0.717) is 16.1 Å². The Hall–Kier alpha value is -2.05. The summed E-state index contributed by atoms with van der Waals surface area (Å²) in [5, 5.41) is 0.320. The highest BCUT2D eigenvalue weighted by molar-refractivity contribution is 6.31. The van der Waals surface area contributed by atoms with Gasteiger partial charge in [0.25, 0.3) is 5.56 Å². The minimum Gasteiger partial charge on any atom is -0.489 e. The first-order valence-corrected chi connectivity index (χ1v) is 6.56. The third-order valence-electron chi connectivity index (χ3n) is 2.84. The summed E-state index contributed by atoms with van der Waals surface area (Å²) >= 11 is 11.8. The number of rotatable bonds is 4. The maximum atomic E-state index is 12.1. The molecular formula is C13H11Cl2N3O3. The SMILES string of the molecule is COc1c(Cl)ncn(Cc2ccc(C(N)=O)cc2Cl)c1=O. The highest BCUT2D eigenvalue weighted by atomic mass is 35.5. The van der Waals surface area contributed by atoms with Gasteiger partial charge in [-0.2, -0.15) is 0 Å². The van der Waals surface area contributed by atoms with Crippen LogP contribution in [0.1, 0.15) is 15.9 Å². The van der Waals surface area contributed by atoms with Crippen molar-refractivity contribution in [3.8, 4) is 5.75 Å². The van der Waals surface area contributed by atoms with E-state index in [0.717, 1.165) is 0 Å². The van der Waals surface area contributed by atoms with Crippen molar-refractivity contribution < 1.29 is 9.53 Å². The average molecular weight is 328 g/mol. The molecule has 1 heterocycles. The zero-order chi connectivity index (χ0) is 15.6. The second kappa shape index (κ2) is 6.15. The number of aromatic nitrogens is 2. The number of nitrogens with zero attached hydrogens (tertiary/aromatic N) is 2. The fourth-order valence-corrected chi connectivity index (χ4v) is 2.19.